The summed E-state index contributed by atoms with van der Waals surface area (Å²) < 4.78 is 66.7. The molecule has 1 saturated heterocycles. The highest BCUT2D eigenvalue weighted by molar-refractivity contribution is 7.92. The minimum absolute atomic E-state index is 0.00448. The van der Waals surface area contributed by atoms with E-state index in [1.807, 2.05) is 24.3 Å². The van der Waals surface area contributed by atoms with Gasteiger partial charge in [-0.05, 0) is 58.7 Å². The summed E-state index contributed by atoms with van der Waals surface area (Å²) >= 11 is 0. The number of hydrogen-bond donors (Lipinski definition) is 1. The van der Waals surface area contributed by atoms with Crippen molar-refractivity contribution in [1.29, 1.82) is 0 Å². The molecule has 1 N–H and O–H groups in total. The van der Waals surface area contributed by atoms with Crippen molar-refractivity contribution in [3.8, 4) is 28.1 Å². The van der Waals surface area contributed by atoms with Crippen LogP contribution in [0.5, 0.6) is 5.88 Å². The zero-order valence-electron chi connectivity index (χ0n) is 23.3. The lowest BCUT2D eigenvalue weighted by Crippen LogP contribution is -2.35. The standard InChI is InChI=1S/C32H28F2N4O4S/c1-41-32-30(37-43(39,40)31-9-7-25(33)18-28(31)34)17-24(19-36-32)23-6-8-29-27(16-23)26(10-11-35-29)22-4-2-21(3-5-22)20-38-12-14-42-15-13-38/h2-11,16-19,37H,12-15,20H2,1H3. The molecule has 1 aliphatic heterocycles. The summed E-state index contributed by atoms with van der Waals surface area (Å²) in [5.41, 5.74) is 5.42. The molecule has 2 aromatic heterocycles. The minimum Gasteiger partial charge on any atom is -0.480 e. The van der Waals surface area contributed by atoms with Crippen LogP contribution in [0.2, 0.25) is 0 Å². The second-order valence-electron chi connectivity index (χ2n) is 10.1. The predicted molar refractivity (Wildman–Crippen MR) is 160 cm³/mol. The van der Waals surface area contributed by atoms with Gasteiger partial charge in [-0.15, -0.1) is 0 Å². The fourth-order valence-electron chi connectivity index (χ4n) is 5.12. The third-order valence-corrected chi connectivity index (χ3v) is 8.72. The van der Waals surface area contributed by atoms with Gasteiger partial charge in [0.1, 0.15) is 22.2 Å². The Morgan fingerprint density at radius 3 is 2.42 bits per heavy atom. The van der Waals surface area contributed by atoms with E-state index >= 15 is 0 Å². The number of sulfonamides is 1. The number of fused-ring (bicyclic) bond motifs is 1. The first kappa shape index (κ1) is 28.7. The number of aromatic nitrogens is 2. The van der Waals surface area contributed by atoms with Gasteiger partial charge in [0.05, 0.1) is 25.8 Å². The van der Waals surface area contributed by atoms with Crippen molar-refractivity contribution in [3.05, 3.63) is 102 Å². The highest BCUT2D eigenvalue weighted by Gasteiger charge is 2.22. The third-order valence-electron chi connectivity index (χ3n) is 7.32. The molecule has 0 atom stereocenters. The van der Waals surface area contributed by atoms with Crippen molar-refractivity contribution in [3.63, 3.8) is 0 Å². The van der Waals surface area contributed by atoms with E-state index in [1.54, 1.807) is 18.5 Å². The molecular weight excluding hydrogens is 574 g/mol. The van der Waals surface area contributed by atoms with Crippen LogP contribution in [0.15, 0.2) is 90.1 Å². The lowest BCUT2D eigenvalue weighted by Gasteiger charge is -2.26. The van der Waals surface area contributed by atoms with Gasteiger partial charge in [-0.1, -0.05) is 30.3 Å². The molecule has 1 fully saturated rings. The van der Waals surface area contributed by atoms with Gasteiger partial charge in [0.15, 0.2) is 0 Å². The predicted octanol–water partition coefficient (Wildman–Crippen LogP) is 5.88. The number of hydrogen-bond acceptors (Lipinski definition) is 7. The van der Waals surface area contributed by atoms with Crippen LogP contribution in [0.3, 0.4) is 0 Å². The molecule has 0 aliphatic carbocycles. The maximum Gasteiger partial charge on any atom is 0.264 e. The van der Waals surface area contributed by atoms with Crippen molar-refractivity contribution < 1.29 is 26.7 Å². The molecule has 220 valence electrons. The largest absolute Gasteiger partial charge is 0.480 e. The average Bonchev–Trinajstić information content (AvgIpc) is 3.01. The van der Waals surface area contributed by atoms with E-state index in [2.05, 4.69) is 43.9 Å². The van der Waals surface area contributed by atoms with Crippen LogP contribution < -0.4 is 9.46 Å². The SMILES string of the molecule is COc1ncc(-c2ccc3nccc(-c4ccc(CN5CCOCC5)cc4)c3c2)cc1NS(=O)(=O)c1ccc(F)cc1F. The van der Waals surface area contributed by atoms with Gasteiger partial charge in [0, 0.05) is 49.0 Å². The second kappa shape index (κ2) is 12.0. The highest BCUT2D eigenvalue weighted by Crippen LogP contribution is 2.34. The summed E-state index contributed by atoms with van der Waals surface area (Å²) in [4.78, 5) is 10.5. The molecule has 0 spiro atoms. The molecule has 11 heteroatoms. The van der Waals surface area contributed by atoms with Gasteiger partial charge in [-0.3, -0.25) is 14.6 Å². The number of pyridine rings is 2. The zero-order valence-corrected chi connectivity index (χ0v) is 24.1. The summed E-state index contributed by atoms with van der Waals surface area (Å²) in [5.74, 6) is -2.10. The number of nitrogens with zero attached hydrogens (tertiary/aromatic N) is 3. The van der Waals surface area contributed by atoms with Crippen LogP contribution in [0.4, 0.5) is 14.5 Å². The van der Waals surface area contributed by atoms with E-state index in [0.717, 1.165) is 72.6 Å². The van der Waals surface area contributed by atoms with Gasteiger partial charge in [0.25, 0.3) is 10.0 Å². The van der Waals surface area contributed by atoms with Crippen molar-refractivity contribution in [1.82, 2.24) is 14.9 Å². The molecule has 0 radical (unpaired) electrons. The number of anilines is 1. The molecule has 3 aromatic carbocycles. The normalized spacial score (nSPS) is 14.1. The van der Waals surface area contributed by atoms with Crippen molar-refractivity contribution in [2.45, 2.75) is 11.4 Å². The summed E-state index contributed by atoms with van der Waals surface area (Å²) in [5, 5.41) is 0.910. The smallest absolute Gasteiger partial charge is 0.264 e. The van der Waals surface area contributed by atoms with Crippen LogP contribution in [0, 0.1) is 11.6 Å². The van der Waals surface area contributed by atoms with E-state index < -0.39 is 26.6 Å². The van der Waals surface area contributed by atoms with Gasteiger partial charge in [0.2, 0.25) is 5.88 Å². The zero-order chi connectivity index (χ0) is 30.0. The molecule has 3 heterocycles. The molecule has 6 rings (SSSR count). The fraction of sp³-hybridized carbons (Fsp3) is 0.188. The van der Waals surface area contributed by atoms with Gasteiger partial charge < -0.3 is 9.47 Å². The number of morpholine rings is 1. The number of methoxy groups -OCH3 is 1. The Balaban J connectivity index is 1.32. The lowest BCUT2D eigenvalue weighted by atomic mass is 9.97. The van der Waals surface area contributed by atoms with Crippen LogP contribution in [0.25, 0.3) is 33.2 Å². The first-order valence-corrected chi connectivity index (χ1v) is 15.1. The van der Waals surface area contributed by atoms with E-state index in [0.29, 0.717) is 11.6 Å². The Hall–Kier alpha value is -4.45. The number of ether oxygens (including phenoxy) is 2. The summed E-state index contributed by atoms with van der Waals surface area (Å²) in [6.45, 7) is 4.23. The van der Waals surface area contributed by atoms with E-state index in [1.165, 1.54) is 12.7 Å². The monoisotopic (exact) mass is 602 g/mol. The molecule has 0 unspecified atom stereocenters. The van der Waals surface area contributed by atoms with Crippen molar-refractivity contribution in [2.24, 2.45) is 0 Å². The van der Waals surface area contributed by atoms with Crippen LogP contribution in [-0.2, 0) is 21.3 Å². The Kier molecular flexibility index (Phi) is 8.02. The van der Waals surface area contributed by atoms with Crippen molar-refractivity contribution in [2.75, 3.05) is 38.1 Å². The molecule has 0 saturated carbocycles. The quantitative estimate of drug-likeness (QED) is 0.237. The third kappa shape index (κ3) is 6.19. The lowest BCUT2D eigenvalue weighted by molar-refractivity contribution is 0.0342. The molecular formula is C32H28F2N4O4S. The summed E-state index contributed by atoms with van der Waals surface area (Å²) in [6.07, 6.45) is 3.34. The highest BCUT2D eigenvalue weighted by atomic mass is 32.2. The average molecular weight is 603 g/mol. The number of benzene rings is 3. The Bertz CT molecular complexity index is 1900. The van der Waals surface area contributed by atoms with E-state index in [9.17, 15) is 17.2 Å². The van der Waals surface area contributed by atoms with E-state index in [4.69, 9.17) is 9.47 Å². The second-order valence-corrected chi connectivity index (χ2v) is 11.8. The van der Waals surface area contributed by atoms with Crippen LogP contribution >= 0.6 is 0 Å². The molecule has 0 amide bonds. The Morgan fingerprint density at radius 1 is 0.907 bits per heavy atom. The first-order chi connectivity index (χ1) is 20.8. The maximum absolute atomic E-state index is 14.3. The summed E-state index contributed by atoms with van der Waals surface area (Å²) in [6, 6.07) is 20.0. The molecule has 1 aliphatic rings. The number of halogens is 2. The Morgan fingerprint density at radius 2 is 1.67 bits per heavy atom. The van der Waals surface area contributed by atoms with E-state index in [-0.39, 0.29) is 11.6 Å². The van der Waals surface area contributed by atoms with Gasteiger partial charge in [-0.2, -0.15) is 0 Å². The minimum atomic E-state index is -4.41. The summed E-state index contributed by atoms with van der Waals surface area (Å²) in [7, 11) is -3.07. The molecule has 0 bridgehead atoms. The first-order valence-electron chi connectivity index (χ1n) is 13.6. The topological polar surface area (TPSA) is 93.7 Å². The fourth-order valence-corrected chi connectivity index (χ4v) is 6.23. The van der Waals surface area contributed by atoms with Crippen molar-refractivity contribution >= 4 is 26.6 Å². The Labute approximate surface area is 248 Å². The molecule has 43 heavy (non-hydrogen) atoms. The van der Waals surface area contributed by atoms with Gasteiger partial charge in [-0.25, -0.2) is 22.2 Å². The number of rotatable bonds is 8. The molecule has 5 aromatic rings. The van der Waals surface area contributed by atoms with Gasteiger partial charge >= 0.3 is 0 Å². The van der Waals surface area contributed by atoms with Crippen LogP contribution in [-0.4, -0.2) is 56.7 Å². The maximum atomic E-state index is 14.3. The van der Waals surface area contributed by atoms with Crippen LogP contribution in [0.1, 0.15) is 5.56 Å². The molecule has 8 nitrogen and oxygen atoms in total. The number of nitrogens with one attached hydrogen (secondary N) is 1.